The number of benzene rings is 2. The molecule has 11 nitrogen and oxygen atoms in total. The van der Waals surface area contributed by atoms with Crippen molar-refractivity contribution in [3.05, 3.63) is 92.8 Å². The van der Waals surface area contributed by atoms with Gasteiger partial charge in [-0.05, 0) is 44.0 Å². The number of methoxy groups -OCH3 is 1. The lowest BCUT2D eigenvalue weighted by Crippen LogP contribution is -2.38. The molecule has 2 atom stereocenters. The molecule has 3 N–H and O–H groups in total. The number of rotatable bonds is 18. The van der Waals surface area contributed by atoms with E-state index in [0.717, 1.165) is 57.9 Å². The van der Waals surface area contributed by atoms with Crippen molar-refractivity contribution in [1.29, 1.82) is 0 Å². The van der Waals surface area contributed by atoms with Gasteiger partial charge >= 0.3 is 18.1 Å². The Morgan fingerprint density at radius 3 is 2.31 bits per heavy atom. The second-order valence-corrected chi connectivity index (χ2v) is 11.0. The molecule has 1 heterocycles. The van der Waals surface area contributed by atoms with Gasteiger partial charge in [-0.25, -0.2) is 9.59 Å². The zero-order valence-corrected chi connectivity index (χ0v) is 27.5. The van der Waals surface area contributed by atoms with E-state index in [9.17, 15) is 38.0 Å². The normalized spacial score (nSPS) is 15.2. The maximum Gasteiger partial charge on any atom is 0.431 e. The van der Waals surface area contributed by atoms with E-state index in [4.69, 9.17) is 9.47 Å². The Morgan fingerprint density at radius 2 is 1.67 bits per heavy atom. The number of allylic oxidation sites excluding steroid dienone is 2. The number of aliphatic hydroxyl groups is 1. The number of halogens is 4. The van der Waals surface area contributed by atoms with Crippen LogP contribution in [0.4, 0.5) is 18.9 Å². The number of nitrogens with one attached hydrogen (secondary N) is 2. The van der Waals surface area contributed by atoms with Crippen LogP contribution in [0.5, 0.6) is 5.75 Å². The maximum absolute atomic E-state index is 14.0. The highest BCUT2D eigenvalue weighted by molar-refractivity contribution is 6.00. The number of carbonyl (C=O) groups excluding carboxylic acids is 2. The zero-order chi connectivity index (χ0) is 34.4. The fourth-order valence-electron chi connectivity index (χ4n) is 5.14. The summed E-state index contributed by atoms with van der Waals surface area (Å²) in [5, 5.41) is 26.8. The van der Waals surface area contributed by atoms with E-state index in [-0.39, 0.29) is 42.5 Å². The molecule has 0 amide bonds. The molecule has 3 rings (SSSR count). The minimum absolute atomic E-state index is 0. The number of nitro benzene ring substituents is 1. The van der Waals surface area contributed by atoms with Crippen molar-refractivity contribution in [1.82, 2.24) is 10.6 Å². The molecule has 0 radical (unpaired) electrons. The molecule has 1 aliphatic rings. The van der Waals surface area contributed by atoms with E-state index in [1.54, 1.807) is 0 Å². The number of unbranched alkanes of at least 4 members (excludes halogenated alkanes) is 5. The molecular formula is C33H41ClF3N3O8. The van der Waals surface area contributed by atoms with Crippen molar-refractivity contribution in [3.8, 4) is 5.75 Å². The highest BCUT2D eigenvalue weighted by Crippen LogP contribution is 2.44. The number of esters is 2. The van der Waals surface area contributed by atoms with E-state index in [0.29, 0.717) is 18.7 Å². The summed E-state index contributed by atoms with van der Waals surface area (Å²) in [5.41, 5.74) is -3.29. The summed E-state index contributed by atoms with van der Waals surface area (Å²) in [6.45, 7) is 2.59. The van der Waals surface area contributed by atoms with Crippen LogP contribution in [0.3, 0.4) is 0 Å². The summed E-state index contributed by atoms with van der Waals surface area (Å²) in [7, 11) is 0.904. The topological polar surface area (TPSA) is 149 Å². The lowest BCUT2D eigenvalue weighted by Gasteiger charge is -2.31. The second-order valence-electron chi connectivity index (χ2n) is 11.0. The molecule has 0 spiro atoms. The number of carbonyl (C=O) groups is 2. The molecule has 0 fully saturated rings. The van der Waals surface area contributed by atoms with Crippen molar-refractivity contribution >= 4 is 30.0 Å². The van der Waals surface area contributed by atoms with E-state index in [2.05, 4.69) is 15.4 Å². The molecule has 0 bridgehead atoms. The molecule has 2 aromatic rings. The summed E-state index contributed by atoms with van der Waals surface area (Å²) in [5.74, 6) is -3.22. The van der Waals surface area contributed by atoms with Gasteiger partial charge in [0.1, 0.15) is 24.2 Å². The third-order valence-corrected chi connectivity index (χ3v) is 7.43. The predicted octanol–water partition coefficient (Wildman–Crippen LogP) is 5.88. The van der Waals surface area contributed by atoms with Crippen LogP contribution in [-0.2, 0) is 19.1 Å². The van der Waals surface area contributed by atoms with Crippen molar-refractivity contribution in [2.45, 2.75) is 63.6 Å². The van der Waals surface area contributed by atoms with Gasteiger partial charge in [0.2, 0.25) is 0 Å². The quantitative estimate of drug-likeness (QED) is 0.0745. The first-order valence-electron chi connectivity index (χ1n) is 15.3. The molecule has 15 heteroatoms. The fraction of sp³-hybridized carbons (Fsp3) is 0.455. The Morgan fingerprint density at radius 1 is 1.00 bits per heavy atom. The molecule has 48 heavy (non-hydrogen) atoms. The van der Waals surface area contributed by atoms with Crippen LogP contribution in [0.25, 0.3) is 0 Å². The molecule has 1 aliphatic heterocycles. The van der Waals surface area contributed by atoms with Crippen LogP contribution in [0, 0.1) is 10.1 Å². The number of dihydropyridines is 1. The SMILES string of the molecule is COC(=O)C1=C(C(F)(F)F)NC(C)=C(C(=O)OCCCCCCCCNCC(O)COc2ccccc2)C1c1cccc([N+](=O)[O-])c1.Cl. The maximum atomic E-state index is 14.0. The summed E-state index contributed by atoms with van der Waals surface area (Å²) < 4.78 is 57.7. The number of nitrogens with zero attached hydrogens (tertiary/aromatic N) is 1. The van der Waals surface area contributed by atoms with Gasteiger partial charge in [-0.2, -0.15) is 13.2 Å². The van der Waals surface area contributed by atoms with Gasteiger partial charge in [-0.3, -0.25) is 10.1 Å². The first-order chi connectivity index (χ1) is 22.4. The van der Waals surface area contributed by atoms with E-state index < -0.39 is 52.0 Å². The number of hydrogen-bond donors (Lipinski definition) is 3. The molecule has 2 unspecified atom stereocenters. The van der Waals surface area contributed by atoms with Gasteiger partial charge in [0.25, 0.3) is 5.69 Å². The molecule has 0 aromatic heterocycles. The second kappa shape index (κ2) is 19.6. The Labute approximate surface area is 283 Å². The van der Waals surface area contributed by atoms with Crippen LogP contribution >= 0.6 is 12.4 Å². The van der Waals surface area contributed by atoms with Gasteiger partial charge < -0.3 is 30.0 Å². The number of ether oxygens (including phenoxy) is 3. The first kappa shape index (κ1) is 40.0. The third-order valence-electron chi connectivity index (χ3n) is 7.43. The molecule has 0 saturated carbocycles. The van der Waals surface area contributed by atoms with E-state index in [1.807, 2.05) is 30.3 Å². The minimum atomic E-state index is -5.02. The predicted molar refractivity (Wildman–Crippen MR) is 173 cm³/mol. The number of para-hydroxylation sites is 1. The largest absolute Gasteiger partial charge is 0.491 e. The Hall–Kier alpha value is -4.14. The molecule has 264 valence electrons. The van der Waals surface area contributed by atoms with Crippen LogP contribution in [0.2, 0.25) is 0 Å². The summed E-state index contributed by atoms with van der Waals surface area (Å²) >= 11 is 0. The van der Waals surface area contributed by atoms with Gasteiger partial charge in [0, 0.05) is 24.4 Å². The van der Waals surface area contributed by atoms with Gasteiger partial charge in [-0.1, -0.05) is 56.0 Å². The highest BCUT2D eigenvalue weighted by Gasteiger charge is 2.47. The number of non-ortho nitro benzene ring substituents is 1. The molecule has 2 aromatic carbocycles. The van der Waals surface area contributed by atoms with Crippen LogP contribution in [0.1, 0.15) is 56.9 Å². The molecular weight excluding hydrogens is 659 g/mol. The summed E-state index contributed by atoms with van der Waals surface area (Å²) in [6.07, 6.45) is -0.724. The summed E-state index contributed by atoms with van der Waals surface area (Å²) in [6, 6.07) is 14.0. The summed E-state index contributed by atoms with van der Waals surface area (Å²) in [4.78, 5) is 36.7. The average Bonchev–Trinajstić information content (AvgIpc) is 3.05. The van der Waals surface area contributed by atoms with Crippen molar-refractivity contribution in [3.63, 3.8) is 0 Å². The Kier molecular flexibility index (Phi) is 16.4. The number of nitro groups is 1. The smallest absolute Gasteiger partial charge is 0.431 e. The molecule has 0 aliphatic carbocycles. The lowest BCUT2D eigenvalue weighted by atomic mass is 9.80. The fourth-order valence-corrected chi connectivity index (χ4v) is 5.14. The van der Waals surface area contributed by atoms with E-state index >= 15 is 0 Å². The Balaban J connectivity index is 0.00000800. The van der Waals surface area contributed by atoms with Crippen LogP contribution in [-0.4, -0.2) is 67.7 Å². The van der Waals surface area contributed by atoms with Gasteiger partial charge in [-0.15, -0.1) is 12.4 Å². The average molecular weight is 700 g/mol. The van der Waals surface area contributed by atoms with Crippen LogP contribution < -0.4 is 15.4 Å². The van der Waals surface area contributed by atoms with E-state index in [1.165, 1.54) is 19.1 Å². The number of hydrogen-bond acceptors (Lipinski definition) is 10. The number of aliphatic hydroxyl groups excluding tert-OH is 1. The third kappa shape index (κ3) is 11.8. The molecule has 0 saturated heterocycles. The standard InChI is InChI=1S/C33H40F3N3O8.ClH/c1-22-27(28(23-13-12-14-24(19-23)39(43)44)29(31(41)45-2)30(38-22)33(34,35)36)32(42)46-18-11-6-4-3-5-10-17-37-20-25(40)21-47-26-15-8-7-9-16-26;/h7-9,12-16,19,25,28,37-38,40H,3-6,10-11,17-18,20-21H2,1-2H3;1H. The Bertz CT molecular complexity index is 1440. The highest BCUT2D eigenvalue weighted by atomic mass is 35.5. The van der Waals surface area contributed by atoms with Gasteiger partial charge in [0.15, 0.2) is 0 Å². The van der Waals surface area contributed by atoms with Crippen molar-refractivity contribution < 1.29 is 47.0 Å². The van der Waals surface area contributed by atoms with Crippen LogP contribution in [0.15, 0.2) is 77.1 Å². The van der Waals surface area contributed by atoms with Gasteiger partial charge in [0.05, 0.1) is 35.7 Å². The lowest BCUT2D eigenvalue weighted by molar-refractivity contribution is -0.384. The van der Waals surface area contributed by atoms with Crippen molar-refractivity contribution in [2.24, 2.45) is 0 Å². The number of alkyl halides is 3. The monoisotopic (exact) mass is 699 g/mol. The minimum Gasteiger partial charge on any atom is -0.491 e. The van der Waals surface area contributed by atoms with Crippen molar-refractivity contribution in [2.75, 3.05) is 33.4 Å². The zero-order valence-electron chi connectivity index (χ0n) is 26.7. The first-order valence-corrected chi connectivity index (χ1v) is 15.3.